The third-order valence-electron chi connectivity index (χ3n) is 12.0. The smallest absolute Gasteiger partial charge is 0.330 e. The number of hydrogen-bond donors (Lipinski definition) is 1. The summed E-state index contributed by atoms with van der Waals surface area (Å²) < 4.78 is 11.0. The fourth-order valence-corrected chi connectivity index (χ4v) is 10.0. The number of ketones is 2. The van der Waals surface area contributed by atoms with E-state index in [9.17, 15) is 24.3 Å². The first-order chi connectivity index (χ1) is 18.8. The van der Waals surface area contributed by atoms with Crippen molar-refractivity contribution in [1.29, 1.82) is 0 Å². The highest BCUT2D eigenvalue weighted by Crippen LogP contribution is 2.84. The first kappa shape index (κ1) is 29.0. The number of allylic oxidation sites excluding steroid dienone is 2. The Bertz CT molecular complexity index is 1170. The van der Waals surface area contributed by atoms with Crippen LogP contribution < -0.4 is 0 Å². The average Bonchev–Trinajstić information content (AvgIpc) is 3.50. The van der Waals surface area contributed by atoms with Crippen molar-refractivity contribution in [2.24, 2.45) is 51.8 Å². The molecule has 0 bridgehead atoms. The molecule has 5 aliphatic rings. The number of Topliss-reactive ketones (excluding diaryl/α,β-unsaturated/α-hetero) is 1. The quantitative estimate of drug-likeness (QED) is 0.324. The molecule has 5 rings (SSSR count). The minimum Gasteiger partial charge on any atom is -0.462 e. The fraction of sp³-hybridized carbons (Fsp3) is 0.697. The van der Waals surface area contributed by atoms with Crippen LogP contribution in [0.4, 0.5) is 0 Å². The van der Waals surface area contributed by atoms with Crippen molar-refractivity contribution < 1.29 is 33.8 Å². The second-order valence-corrected chi connectivity index (χ2v) is 13.7. The monoisotopic (exact) mass is 552 g/mol. The highest BCUT2D eigenvalue weighted by Gasteiger charge is 2.78. The first-order valence-corrected chi connectivity index (χ1v) is 14.9. The molecule has 0 heterocycles. The van der Waals surface area contributed by atoms with Crippen LogP contribution in [0.5, 0.6) is 0 Å². The van der Waals surface area contributed by atoms with E-state index in [1.165, 1.54) is 6.92 Å². The van der Waals surface area contributed by atoms with Crippen LogP contribution >= 0.6 is 0 Å². The Kier molecular flexibility index (Phi) is 7.30. The van der Waals surface area contributed by atoms with E-state index in [0.717, 1.165) is 44.6 Å². The van der Waals surface area contributed by atoms with Gasteiger partial charge in [0, 0.05) is 31.3 Å². The standard InChI is InChI=1S/C33H44O7/c1-7-27(36)39-16-18(2)19(3)29(37)30(38)20(4)28-26(40-21(5)34)15-25-24-9-8-22-14-23(35)10-11-32(22)17-33(24,32)13-12-31(25,28)6/h7,10-11,18,20,22,24-26,28,30,38H,1,3,8-9,12-17H2,2,4-6H3/t18-,20?,22?,24?,25?,26?,28?,30+,31?,32+,33-/m0/s1. The van der Waals surface area contributed by atoms with Gasteiger partial charge in [-0.1, -0.05) is 40.0 Å². The molecule has 40 heavy (non-hydrogen) atoms. The molecule has 4 saturated carbocycles. The molecule has 0 saturated heterocycles. The SMILES string of the molecule is C=CC(=O)OC[C@H](C)C(=C)C(=O)[C@H](O)C(C)C1C(OC(C)=O)CC2C3CCC4CC(=O)C=C[C@@]45C[C@@]35CCC21C. The van der Waals surface area contributed by atoms with Crippen LogP contribution in [-0.2, 0) is 28.7 Å². The largest absolute Gasteiger partial charge is 0.462 e. The van der Waals surface area contributed by atoms with Crippen molar-refractivity contribution in [2.75, 3.05) is 6.61 Å². The third kappa shape index (κ3) is 4.26. The maximum absolute atomic E-state index is 13.4. The second-order valence-electron chi connectivity index (χ2n) is 13.7. The summed E-state index contributed by atoms with van der Waals surface area (Å²) in [6, 6.07) is 0. The zero-order valence-electron chi connectivity index (χ0n) is 24.3. The summed E-state index contributed by atoms with van der Waals surface area (Å²) in [6.07, 6.45) is 10.1. The van der Waals surface area contributed by atoms with Crippen LogP contribution in [-0.4, -0.2) is 47.4 Å². The molecule has 7 nitrogen and oxygen atoms in total. The van der Waals surface area contributed by atoms with Gasteiger partial charge >= 0.3 is 11.9 Å². The number of hydrogen-bond acceptors (Lipinski definition) is 7. The van der Waals surface area contributed by atoms with Gasteiger partial charge in [0.05, 0.1) is 6.61 Å². The van der Waals surface area contributed by atoms with Gasteiger partial charge in [-0.25, -0.2) is 4.79 Å². The zero-order valence-corrected chi connectivity index (χ0v) is 24.3. The molecular weight excluding hydrogens is 508 g/mol. The summed E-state index contributed by atoms with van der Waals surface area (Å²) in [5.74, 6) is -1.03. The molecule has 1 N–H and O–H groups in total. The van der Waals surface area contributed by atoms with E-state index in [0.29, 0.717) is 24.2 Å². The Hall–Kier alpha value is -2.54. The number of ether oxygens (including phenoxy) is 2. The Morgan fingerprint density at radius 1 is 1.20 bits per heavy atom. The van der Waals surface area contributed by atoms with Gasteiger partial charge in [0.15, 0.2) is 11.6 Å². The van der Waals surface area contributed by atoms with Gasteiger partial charge in [0.25, 0.3) is 0 Å². The Labute approximate surface area is 237 Å². The molecule has 2 spiro atoms. The number of carbonyl (C=O) groups excluding carboxylic acids is 4. The van der Waals surface area contributed by atoms with Crippen LogP contribution in [0, 0.1) is 51.8 Å². The molecule has 11 atom stereocenters. The Morgan fingerprint density at radius 2 is 1.93 bits per heavy atom. The molecule has 0 aromatic heterocycles. The number of rotatable bonds is 9. The van der Waals surface area contributed by atoms with Gasteiger partial charge in [-0.3, -0.25) is 14.4 Å². The van der Waals surface area contributed by atoms with E-state index >= 15 is 0 Å². The number of esters is 2. The van der Waals surface area contributed by atoms with Gasteiger partial charge in [-0.05, 0) is 90.1 Å². The van der Waals surface area contributed by atoms with Gasteiger partial charge in [0.1, 0.15) is 12.2 Å². The van der Waals surface area contributed by atoms with Crippen molar-refractivity contribution in [3.63, 3.8) is 0 Å². The number of aliphatic hydroxyl groups excluding tert-OH is 1. The first-order valence-electron chi connectivity index (χ1n) is 14.9. The molecule has 0 amide bonds. The maximum atomic E-state index is 13.4. The summed E-state index contributed by atoms with van der Waals surface area (Å²) in [5.41, 5.74) is 0.342. The molecule has 7 unspecified atom stereocenters. The summed E-state index contributed by atoms with van der Waals surface area (Å²) in [4.78, 5) is 49.3. The van der Waals surface area contributed by atoms with Crippen LogP contribution in [0.15, 0.2) is 37.0 Å². The van der Waals surface area contributed by atoms with Crippen LogP contribution in [0.3, 0.4) is 0 Å². The molecule has 218 valence electrons. The lowest BCUT2D eigenvalue weighted by Gasteiger charge is -2.55. The van der Waals surface area contributed by atoms with Gasteiger partial charge in [-0.2, -0.15) is 0 Å². The molecule has 5 aliphatic carbocycles. The average molecular weight is 553 g/mol. The highest BCUT2D eigenvalue weighted by molar-refractivity contribution is 5.98. The van der Waals surface area contributed by atoms with E-state index in [1.807, 2.05) is 13.0 Å². The number of aliphatic hydroxyl groups is 1. The predicted molar refractivity (Wildman–Crippen MR) is 149 cm³/mol. The Morgan fingerprint density at radius 3 is 2.60 bits per heavy atom. The van der Waals surface area contributed by atoms with E-state index in [4.69, 9.17) is 9.47 Å². The lowest BCUT2D eigenvalue weighted by atomic mass is 9.49. The van der Waals surface area contributed by atoms with Gasteiger partial charge in [0.2, 0.25) is 0 Å². The van der Waals surface area contributed by atoms with Crippen molar-refractivity contribution in [3.05, 3.63) is 37.0 Å². The van der Waals surface area contributed by atoms with E-state index in [2.05, 4.69) is 26.2 Å². The second kappa shape index (κ2) is 10.1. The molecule has 0 aromatic carbocycles. The zero-order chi connectivity index (χ0) is 29.2. The predicted octanol–water partition coefficient (Wildman–Crippen LogP) is 4.77. The molecule has 0 radical (unpaired) electrons. The number of fused-ring (bicyclic) bond motifs is 2. The Balaban J connectivity index is 1.38. The van der Waals surface area contributed by atoms with E-state index in [-0.39, 0.29) is 52.2 Å². The molecule has 4 fully saturated rings. The summed E-state index contributed by atoms with van der Waals surface area (Å²) in [7, 11) is 0. The van der Waals surface area contributed by atoms with Crippen LogP contribution in [0.2, 0.25) is 0 Å². The third-order valence-corrected chi connectivity index (χ3v) is 12.0. The normalized spacial score (nSPS) is 41.2. The summed E-state index contributed by atoms with van der Waals surface area (Å²) >= 11 is 0. The van der Waals surface area contributed by atoms with Crippen molar-refractivity contribution in [2.45, 2.75) is 84.8 Å². The molecule has 7 heteroatoms. The lowest BCUT2D eigenvalue weighted by molar-refractivity contribution is -0.153. The van der Waals surface area contributed by atoms with E-state index in [1.54, 1.807) is 6.92 Å². The molecular formula is C33H44O7. The molecule has 0 aliphatic heterocycles. The minimum absolute atomic E-state index is 0.0254. The topological polar surface area (TPSA) is 107 Å². The van der Waals surface area contributed by atoms with Gasteiger partial charge in [-0.15, -0.1) is 0 Å². The van der Waals surface area contributed by atoms with Crippen LogP contribution in [0.25, 0.3) is 0 Å². The summed E-state index contributed by atoms with van der Waals surface area (Å²) in [6.45, 7) is 14.6. The van der Waals surface area contributed by atoms with Crippen LogP contribution in [0.1, 0.15) is 72.6 Å². The van der Waals surface area contributed by atoms with Crippen molar-refractivity contribution >= 4 is 23.5 Å². The van der Waals surface area contributed by atoms with E-state index < -0.39 is 29.7 Å². The number of carbonyl (C=O) groups is 4. The maximum Gasteiger partial charge on any atom is 0.330 e. The highest BCUT2D eigenvalue weighted by atomic mass is 16.5. The summed E-state index contributed by atoms with van der Waals surface area (Å²) in [5, 5.41) is 11.4. The van der Waals surface area contributed by atoms with Crippen molar-refractivity contribution in [3.8, 4) is 0 Å². The molecule has 0 aromatic rings. The lowest BCUT2D eigenvalue weighted by Crippen LogP contribution is -2.50. The van der Waals surface area contributed by atoms with Crippen molar-refractivity contribution in [1.82, 2.24) is 0 Å². The minimum atomic E-state index is -1.31. The fourth-order valence-electron chi connectivity index (χ4n) is 10.0. The van der Waals surface area contributed by atoms with Gasteiger partial charge < -0.3 is 14.6 Å².